The fourth-order valence-corrected chi connectivity index (χ4v) is 3.67. The zero-order valence-corrected chi connectivity index (χ0v) is 18.0. The Balaban J connectivity index is 1.53. The molecule has 7 nitrogen and oxygen atoms in total. The number of aryl methyl sites for hydroxylation is 1. The number of rotatable bonds is 8. The zero-order chi connectivity index (χ0) is 20.6. The van der Waals surface area contributed by atoms with Crippen LogP contribution >= 0.6 is 0 Å². The lowest BCUT2D eigenvalue weighted by molar-refractivity contribution is 0.229. The third kappa shape index (κ3) is 6.14. The van der Waals surface area contributed by atoms with Gasteiger partial charge in [-0.2, -0.15) is 5.10 Å². The predicted octanol–water partition coefficient (Wildman–Crippen LogP) is 2.73. The van der Waals surface area contributed by atoms with Gasteiger partial charge in [-0.05, 0) is 62.4 Å². The first-order valence-electron chi connectivity index (χ1n) is 10.4. The SMILES string of the molecule is CCNC(=NCC(C)Oc1ccc(OC)cc1)N1CCC(Cc2cnn(C)c2)C1. The number of aromatic nitrogens is 2. The lowest BCUT2D eigenvalue weighted by atomic mass is 10.0. The standard InChI is InChI=1S/C22H33N5O2/c1-5-23-22(24-13-17(2)29-21-8-6-20(28-4)7-9-21)27-11-10-18(16-27)12-19-14-25-26(3)15-19/h6-9,14-15,17-18H,5,10-13,16H2,1-4H3,(H,23,24). The minimum atomic E-state index is -0.00848. The molecule has 7 heteroatoms. The summed E-state index contributed by atoms with van der Waals surface area (Å²) in [5.74, 6) is 3.27. The lowest BCUT2D eigenvalue weighted by Crippen LogP contribution is -2.40. The third-order valence-electron chi connectivity index (χ3n) is 5.10. The van der Waals surface area contributed by atoms with E-state index in [1.807, 2.05) is 49.1 Å². The number of guanidine groups is 1. The minimum absolute atomic E-state index is 0.00848. The van der Waals surface area contributed by atoms with Gasteiger partial charge in [0.25, 0.3) is 0 Å². The van der Waals surface area contributed by atoms with Gasteiger partial charge in [-0.15, -0.1) is 0 Å². The second kappa shape index (κ2) is 10.2. The Morgan fingerprint density at radius 1 is 1.31 bits per heavy atom. The summed E-state index contributed by atoms with van der Waals surface area (Å²) in [6, 6.07) is 7.66. The zero-order valence-electron chi connectivity index (χ0n) is 18.0. The normalized spacial score (nSPS) is 18.0. The van der Waals surface area contributed by atoms with E-state index in [4.69, 9.17) is 14.5 Å². The first-order chi connectivity index (χ1) is 14.1. The van der Waals surface area contributed by atoms with E-state index >= 15 is 0 Å². The molecule has 0 spiro atoms. The molecule has 29 heavy (non-hydrogen) atoms. The minimum Gasteiger partial charge on any atom is -0.497 e. The Morgan fingerprint density at radius 2 is 2.07 bits per heavy atom. The van der Waals surface area contributed by atoms with Crippen LogP contribution in [0.4, 0.5) is 0 Å². The summed E-state index contributed by atoms with van der Waals surface area (Å²) in [4.78, 5) is 7.20. The van der Waals surface area contributed by atoms with Crippen LogP contribution in [0.1, 0.15) is 25.8 Å². The van der Waals surface area contributed by atoms with Crippen molar-refractivity contribution in [1.29, 1.82) is 0 Å². The molecule has 0 aliphatic carbocycles. The quantitative estimate of drug-likeness (QED) is 0.546. The van der Waals surface area contributed by atoms with Gasteiger partial charge in [0.2, 0.25) is 0 Å². The van der Waals surface area contributed by atoms with E-state index < -0.39 is 0 Å². The van der Waals surface area contributed by atoms with Gasteiger partial charge in [0, 0.05) is 32.9 Å². The molecule has 2 aromatic rings. The largest absolute Gasteiger partial charge is 0.497 e. The number of benzene rings is 1. The number of nitrogens with zero attached hydrogens (tertiary/aromatic N) is 4. The Labute approximate surface area is 173 Å². The number of aliphatic imine (C=N–C) groups is 1. The van der Waals surface area contributed by atoms with Crippen LogP contribution in [-0.2, 0) is 13.5 Å². The average molecular weight is 400 g/mol. The van der Waals surface area contributed by atoms with Crippen LogP contribution in [0, 0.1) is 5.92 Å². The van der Waals surface area contributed by atoms with Crippen LogP contribution in [0.5, 0.6) is 11.5 Å². The molecule has 2 unspecified atom stereocenters. The predicted molar refractivity (Wildman–Crippen MR) is 116 cm³/mol. The molecule has 158 valence electrons. The molecule has 2 heterocycles. The van der Waals surface area contributed by atoms with Crippen molar-refractivity contribution in [3.8, 4) is 11.5 Å². The number of methoxy groups -OCH3 is 1. The summed E-state index contributed by atoms with van der Waals surface area (Å²) in [7, 11) is 3.63. The molecule has 0 amide bonds. The Hall–Kier alpha value is -2.70. The molecule has 0 radical (unpaired) electrons. The summed E-state index contributed by atoms with van der Waals surface area (Å²) >= 11 is 0. The van der Waals surface area contributed by atoms with Gasteiger partial charge in [0.15, 0.2) is 5.96 Å². The van der Waals surface area contributed by atoms with Crippen LogP contribution in [0.3, 0.4) is 0 Å². The first-order valence-corrected chi connectivity index (χ1v) is 10.4. The summed E-state index contributed by atoms with van der Waals surface area (Å²) in [6.07, 6.45) is 6.32. The van der Waals surface area contributed by atoms with Crippen molar-refractivity contribution in [1.82, 2.24) is 20.0 Å². The Bertz CT molecular complexity index is 787. The van der Waals surface area contributed by atoms with E-state index in [1.54, 1.807) is 7.11 Å². The monoisotopic (exact) mass is 399 g/mol. The van der Waals surface area contributed by atoms with Crippen LogP contribution in [0.25, 0.3) is 0 Å². The lowest BCUT2D eigenvalue weighted by Gasteiger charge is -2.22. The van der Waals surface area contributed by atoms with Gasteiger partial charge < -0.3 is 19.7 Å². The average Bonchev–Trinajstić information content (AvgIpc) is 3.35. The van der Waals surface area contributed by atoms with E-state index in [9.17, 15) is 0 Å². The Kier molecular flexibility index (Phi) is 7.38. The highest BCUT2D eigenvalue weighted by atomic mass is 16.5. The number of hydrogen-bond acceptors (Lipinski definition) is 4. The van der Waals surface area contributed by atoms with Crippen molar-refractivity contribution in [3.05, 3.63) is 42.2 Å². The van der Waals surface area contributed by atoms with Crippen LogP contribution < -0.4 is 14.8 Å². The van der Waals surface area contributed by atoms with E-state index in [0.717, 1.165) is 43.5 Å². The highest BCUT2D eigenvalue weighted by Crippen LogP contribution is 2.21. The molecule has 0 saturated carbocycles. The number of nitrogens with one attached hydrogen (secondary N) is 1. The molecule has 1 N–H and O–H groups in total. The summed E-state index contributed by atoms with van der Waals surface area (Å²) < 4.78 is 13.1. The fraction of sp³-hybridized carbons (Fsp3) is 0.545. The van der Waals surface area contributed by atoms with Crippen LogP contribution in [0.2, 0.25) is 0 Å². The molecule has 2 atom stereocenters. The maximum Gasteiger partial charge on any atom is 0.194 e. The van der Waals surface area contributed by atoms with Gasteiger partial charge in [0.1, 0.15) is 17.6 Å². The van der Waals surface area contributed by atoms with E-state index in [-0.39, 0.29) is 6.10 Å². The van der Waals surface area contributed by atoms with Crippen molar-refractivity contribution in [2.24, 2.45) is 18.0 Å². The molecular weight excluding hydrogens is 366 g/mol. The molecule has 1 aliphatic heterocycles. The molecule has 3 rings (SSSR count). The smallest absolute Gasteiger partial charge is 0.194 e. The van der Waals surface area contributed by atoms with Gasteiger partial charge in [-0.25, -0.2) is 4.99 Å². The molecule has 1 saturated heterocycles. The van der Waals surface area contributed by atoms with Gasteiger partial charge in [-0.3, -0.25) is 4.68 Å². The van der Waals surface area contributed by atoms with Crippen molar-refractivity contribution in [2.75, 3.05) is 33.3 Å². The van der Waals surface area contributed by atoms with Crippen molar-refractivity contribution < 1.29 is 9.47 Å². The second-order valence-corrected chi connectivity index (χ2v) is 7.63. The van der Waals surface area contributed by atoms with Crippen molar-refractivity contribution in [2.45, 2.75) is 32.8 Å². The number of ether oxygens (including phenoxy) is 2. The van der Waals surface area contributed by atoms with Crippen LogP contribution in [-0.4, -0.2) is 60.0 Å². The highest BCUT2D eigenvalue weighted by molar-refractivity contribution is 5.80. The van der Waals surface area contributed by atoms with E-state index in [2.05, 4.69) is 28.4 Å². The van der Waals surface area contributed by atoms with Gasteiger partial charge >= 0.3 is 0 Å². The van der Waals surface area contributed by atoms with Crippen LogP contribution in [0.15, 0.2) is 41.7 Å². The summed E-state index contributed by atoms with van der Waals surface area (Å²) in [6.45, 7) is 7.68. The third-order valence-corrected chi connectivity index (χ3v) is 5.10. The molecular formula is C22H33N5O2. The number of likely N-dealkylation sites (tertiary alicyclic amines) is 1. The van der Waals surface area contributed by atoms with E-state index in [0.29, 0.717) is 12.5 Å². The topological polar surface area (TPSA) is 63.9 Å². The fourth-order valence-electron chi connectivity index (χ4n) is 3.67. The summed E-state index contributed by atoms with van der Waals surface area (Å²) in [5, 5.41) is 7.72. The molecule has 1 aromatic heterocycles. The highest BCUT2D eigenvalue weighted by Gasteiger charge is 2.25. The number of hydrogen-bond donors (Lipinski definition) is 1. The van der Waals surface area contributed by atoms with Gasteiger partial charge in [-0.1, -0.05) is 0 Å². The Morgan fingerprint density at radius 3 is 2.72 bits per heavy atom. The maximum atomic E-state index is 5.99. The second-order valence-electron chi connectivity index (χ2n) is 7.63. The molecule has 1 aliphatic rings. The first kappa shape index (κ1) is 21.0. The maximum absolute atomic E-state index is 5.99. The molecule has 1 fully saturated rings. The molecule has 1 aromatic carbocycles. The van der Waals surface area contributed by atoms with Gasteiger partial charge in [0.05, 0.1) is 19.9 Å². The van der Waals surface area contributed by atoms with E-state index in [1.165, 1.54) is 12.0 Å². The summed E-state index contributed by atoms with van der Waals surface area (Å²) in [5.41, 5.74) is 1.31. The molecule has 0 bridgehead atoms. The van der Waals surface area contributed by atoms with Crippen molar-refractivity contribution >= 4 is 5.96 Å². The van der Waals surface area contributed by atoms with Crippen molar-refractivity contribution in [3.63, 3.8) is 0 Å².